The van der Waals surface area contributed by atoms with Crippen LogP contribution in [-0.2, 0) is 26.2 Å². The molecule has 40 heavy (non-hydrogen) atoms. The third-order valence-corrected chi connectivity index (χ3v) is 8.99. The summed E-state index contributed by atoms with van der Waals surface area (Å²) in [6.07, 6.45) is 0.277. The van der Waals surface area contributed by atoms with Gasteiger partial charge in [-0.15, -0.1) is 0 Å². The molecule has 0 spiro atoms. The number of hydrogen-bond acceptors (Lipinski definition) is 4. The van der Waals surface area contributed by atoms with Crippen LogP contribution in [0.3, 0.4) is 0 Å². The molecule has 2 amide bonds. The summed E-state index contributed by atoms with van der Waals surface area (Å²) in [4.78, 5) is 28.5. The minimum Gasteiger partial charge on any atom is -0.352 e. The smallest absolute Gasteiger partial charge is 0.264 e. The first-order valence-electron chi connectivity index (χ1n) is 12.4. The van der Waals surface area contributed by atoms with Crippen molar-refractivity contribution in [2.45, 2.75) is 50.7 Å². The van der Waals surface area contributed by atoms with Gasteiger partial charge in [-0.05, 0) is 68.3 Å². The highest BCUT2D eigenvalue weighted by molar-refractivity contribution is 7.92. The van der Waals surface area contributed by atoms with E-state index in [1.165, 1.54) is 35.2 Å². The fraction of sp³-hybridized carbons (Fsp3) is 0.286. The van der Waals surface area contributed by atoms with Crippen LogP contribution >= 0.6 is 46.4 Å². The number of benzene rings is 3. The van der Waals surface area contributed by atoms with E-state index >= 15 is 0 Å². The second-order valence-electron chi connectivity index (χ2n) is 9.28. The third kappa shape index (κ3) is 7.83. The largest absolute Gasteiger partial charge is 0.352 e. The lowest BCUT2D eigenvalue weighted by Crippen LogP contribution is -2.53. The Hall–Kier alpha value is -2.49. The van der Waals surface area contributed by atoms with Gasteiger partial charge in [0.05, 0.1) is 25.7 Å². The molecule has 214 valence electrons. The predicted octanol–water partition coefficient (Wildman–Crippen LogP) is 6.83. The summed E-state index contributed by atoms with van der Waals surface area (Å²) in [5, 5.41) is 3.81. The van der Waals surface area contributed by atoms with E-state index < -0.39 is 28.5 Å². The number of sulfonamides is 1. The van der Waals surface area contributed by atoms with Gasteiger partial charge >= 0.3 is 0 Å². The van der Waals surface area contributed by atoms with Crippen molar-refractivity contribution < 1.29 is 18.0 Å². The zero-order valence-electron chi connectivity index (χ0n) is 22.1. The summed E-state index contributed by atoms with van der Waals surface area (Å²) < 4.78 is 28.6. The van der Waals surface area contributed by atoms with Gasteiger partial charge in [-0.25, -0.2) is 8.42 Å². The fourth-order valence-corrected chi connectivity index (χ4v) is 6.39. The van der Waals surface area contributed by atoms with Gasteiger partial charge in [0, 0.05) is 17.6 Å². The summed E-state index contributed by atoms with van der Waals surface area (Å²) in [5.74, 6) is -0.991. The molecule has 0 aliphatic carbocycles. The molecule has 0 aliphatic rings. The molecule has 3 aromatic carbocycles. The summed E-state index contributed by atoms with van der Waals surface area (Å²) in [6, 6.07) is 15.8. The van der Waals surface area contributed by atoms with Crippen molar-refractivity contribution in [1.29, 1.82) is 0 Å². The average Bonchev–Trinajstić information content (AvgIpc) is 2.89. The Kier molecular flexibility index (Phi) is 11.1. The number of carbonyl (C=O) groups is 2. The maximum absolute atomic E-state index is 14.0. The lowest BCUT2D eigenvalue weighted by Gasteiger charge is -2.33. The van der Waals surface area contributed by atoms with E-state index in [4.69, 9.17) is 46.4 Å². The van der Waals surface area contributed by atoms with Crippen LogP contribution in [0.4, 0.5) is 5.69 Å². The van der Waals surface area contributed by atoms with Crippen molar-refractivity contribution in [2.24, 2.45) is 0 Å². The molecule has 3 rings (SSSR count). The maximum atomic E-state index is 14.0. The zero-order chi connectivity index (χ0) is 29.6. The van der Waals surface area contributed by atoms with Gasteiger partial charge in [-0.1, -0.05) is 77.6 Å². The van der Waals surface area contributed by atoms with Crippen molar-refractivity contribution in [1.82, 2.24) is 10.2 Å². The molecule has 0 bridgehead atoms. The molecule has 1 atom stereocenters. The number of anilines is 1. The van der Waals surface area contributed by atoms with Crippen LogP contribution < -0.4 is 9.62 Å². The second kappa shape index (κ2) is 13.9. The van der Waals surface area contributed by atoms with Crippen molar-refractivity contribution in [3.05, 3.63) is 92.4 Å². The number of carbonyl (C=O) groups excluding carboxylic acids is 2. The number of amides is 2. The molecule has 0 radical (unpaired) electrons. The van der Waals surface area contributed by atoms with E-state index in [9.17, 15) is 18.0 Å². The molecule has 0 aliphatic heterocycles. The quantitative estimate of drug-likeness (QED) is 0.248. The number of nitrogens with one attached hydrogen (secondary N) is 1. The maximum Gasteiger partial charge on any atom is 0.264 e. The summed E-state index contributed by atoms with van der Waals surface area (Å²) in [7, 11) is -4.26. The second-order valence-corrected chi connectivity index (χ2v) is 12.8. The highest BCUT2D eigenvalue weighted by Gasteiger charge is 2.34. The highest BCUT2D eigenvalue weighted by atomic mass is 35.5. The first-order chi connectivity index (χ1) is 18.8. The van der Waals surface area contributed by atoms with Crippen molar-refractivity contribution in [2.75, 3.05) is 10.8 Å². The molecule has 7 nitrogen and oxygen atoms in total. The minimum absolute atomic E-state index is 0.0205. The van der Waals surface area contributed by atoms with Gasteiger partial charge in [-0.3, -0.25) is 13.9 Å². The van der Waals surface area contributed by atoms with E-state index in [1.807, 2.05) is 13.8 Å². The Morgan fingerprint density at radius 3 is 2.12 bits per heavy atom. The van der Waals surface area contributed by atoms with Gasteiger partial charge in [0.15, 0.2) is 0 Å². The first kappa shape index (κ1) is 32.0. The molecule has 0 fully saturated rings. The molecule has 3 aromatic rings. The van der Waals surface area contributed by atoms with Crippen molar-refractivity contribution >= 4 is 73.9 Å². The summed E-state index contributed by atoms with van der Waals surface area (Å²) in [6.45, 7) is 4.74. The predicted molar refractivity (Wildman–Crippen MR) is 162 cm³/mol. The van der Waals surface area contributed by atoms with E-state index in [1.54, 1.807) is 43.3 Å². The van der Waals surface area contributed by atoms with Gasteiger partial charge in [-0.2, -0.15) is 0 Å². The standard InChI is InChI=1S/C28H29Cl4N3O4S/c1-4-25(28(37)33-18(2)3)34(16-19-10-12-22(30)23(31)14-19)27(36)17-35(26-13-11-20(29)15-24(26)32)40(38,39)21-8-6-5-7-9-21/h5-15,18,25H,4,16-17H2,1-3H3,(H,33,37)/t25-/m1/s1. The molecular formula is C28H29Cl4N3O4S. The van der Waals surface area contributed by atoms with Gasteiger partial charge < -0.3 is 10.2 Å². The summed E-state index contributed by atoms with van der Waals surface area (Å²) >= 11 is 24.8. The molecule has 12 heteroatoms. The van der Waals surface area contributed by atoms with E-state index in [-0.39, 0.29) is 45.5 Å². The number of hydrogen-bond donors (Lipinski definition) is 1. The molecule has 0 unspecified atom stereocenters. The zero-order valence-corrected chi connectivity index (χ0v) is 25.9. The van der Waals surface area contributed by atoms with E-state index in [2.05, 4.69) is 5.32 Å². The van der Waals surface area contributed by atoms with E-state index in [0.29, 0.717) is 15.6 Å². The van der Waals surface area contributed by atoms with Crippen LogP contribution in [0.2, 0.25) is 20.1 Å². The topological polar surface area (TPSA) is 86.8 Å². The highest BCUT2D eigenvalue weighted by Crippen LogP contribution is 2.33. The van der Waals surface area contributed by atoms with Crippen LogP contribution in [0.5, 0.6) is 0 Å². The molecular weight excluding hydrogens is 616 g/mol. The van der Waals surface area contributed by atoms with Crippen LogP contribution in [0, 0.1) is 0 Å². The summed E-state index contributed by atoms with van der Waals surface area (Å²) in [5.41, 5.74) is 0.679. The minimum atomic E-state index is -4.26. The van der Waals surface area contributed by atoms with Gasteiger partial charge in [0.2, 0.25) is 11.8 Å². The Morgan fingerprint density at radius 2 is 1.55 bits per heavy atom. The molecule has 0 saturated heterocycles. The number of nitrogens with zero attached hydrogens (tertiary/aromatic N) is 2. The Bertz CT molecular complexity index is 1470. The number of halogens is 4. The van der Waals surface area contributed by atoms with E-state index in [0.717, 1.165) is 4.31 Å². The molecule has 0 aromatic heterocycles. The molecule has 0 saturated carbocycles. The van der Waals surface area contributed by atoms with Crippen LogP contribution in [0.25, 0.3) is 0 Å². The van der Waals surface area contributed by atoms with Crippen molar-refractivity contribution in [3.8, 4) is 0 Å². The van der Waals surface area contributed by atoms with Gasteiger partial charge in [0.1, 0.15) is 12.6 Å². The Morgan fingerprint density at radius 1 is 0.875 bits per heavy atom. The average molecular weight is 645 g/mol. The fourth-order valence-electron chi connectivity index (χ4n) is 4.05. The normalized spacial score (nSPS) is 12.2. The van der Waals surface area contributed by atoms with Gasteiger partial charge in [0.25, 0.3) is 10.0 Å². The third-order valence-electron chi connectivity index (χ3n) is 5.94. The monoisotopic (exact) mass is 643 g/mol. The molecule has 1 N–H and O–H groups in total. The SMILES string of the molecule is CC[C@H](C(=O)NC(C)C)N(Cc1ccc(Cl)c(Cl)c1)C(=O)CN(c1ccc(Cl)cc1Cl)S(=O)(=O)c1ccccc1. The number of rotatable bonds is 11. The Labute approximate surface area is 255 Å². The Balaban J connectivity index is 2.10. The van der Waals surface area contributed by atoms with Crippen LogP contribution in [-0.4, -0.2) is 43.8 Å². The lowest BCUT2D eigenvalue weighted by molar-refractivity contribution is -0.140. The van der Waals surface area contributed by atoms with Crippen LogP contribution in [0.1, 0.15) is 32.8 Å². The van der Waals surface area contributed by atoms with Crippen LogP contribution in [0.15, 0.2) is 71.6 Å². The van der Waals surface area contributed by atoms with Crippen molar-refractivity contribution in [3.63, 3.8) is 0 Å². The lowest BCUT2D eigenvalue weighted by atomic mass is 10.1. The molecule has 0 heterocycles. The first-order valence-corrected chi connectivity index (χ1v) is 15.4.